The number of amides is 1. The Balaban J connectivity index is 1.50. The third-order valence-electron chi connectivity index (χ3n) is 3.94. The van der Waals surface area contributed by atoms with Gasteiger partial charge < -0.3 is 4.90 Å². The van der Waals surface area contributed by atoms with Crippen molar-refractivity contribution in [1.29, 1.82) is 0 Å². The zero-order chi connectivity index (χ0) is 15.3. The SMILES string of the molecule is Cc1nc(C)n(C2CN(C(=O)c3ccc4nncn4c3)C2)n1. The van der Waals surface area contributed by atoms with E-state index in [1.54, 1.807) is 29.1 Å². The van der Waals surface area contributed by atoms with Gasteiger partial charge >= 0.3 is 0 Å². The van der Waals surface area contributed by atoms with Crippen molar-refractivity contribution in [3.63, 3.8) is 0 Å². The molecule has 0 bridgehead atoms. The van der Waals surface area contributed by atoms with Gasteiger partial charge in [0.1, 0.15) is 18.0 Å². The van der Waals surface area contributed by atoms with Crippen LogP contribution in [0.25, 0.3) is 5.65 Å². The van der Waals surface area contributed by atoms with Crippen LogP contribution in [0.2, 0.25) is 0 Å². The van der Waals surface area contributed by atoms with Crippen molar-refractivity contribution in [2.75, 3.05) is 13.1 Å². The van der Waals surface area contributed by atoms with Crippen LogP contribution < -0.4 is 0 Å². The lowest BCUT2D eigenvalue weighted by Crippen LogP contribution is -2.51. The molecule has 3 aromatic rings. The molecule has 1 amide bonds. The first-order valence-corrected chi connectivity index (χ1v) is 7.10. The molecule has 4 heterocycles. The highest BCUT2D eigenvalue weighted by Gasteiger charge is 2.34. The van der Waals surface area contributed by atoms with Crippen LogP contribution in [-0.4, -0.2) is 53.3 Å². The number of fused-ring (bicyclic) bond motifs is 1. The lowest BCUT2D eigenvalue weighted by molar-refractivity contribution is 0.0496. The summed E-state index contributed by atoms with van der Waals surface area (Å²) in [4.78, 5) is 18.6. The van der Waals surface area contributed by atoms with Crippen LogP contribution in [0.4, 0.5) is 0 Å². The molecule has 0 unspecified atom stereocenters. The summed E-state index contributed by atoms with van der Waals surface area (Å²) in [5, 5.41) is 12.1. The first kappa shape index (κ1) is 12.9. The first-order chi connectivity index (χ1) is 10.6. The molecule has 112 valence electrons. The average molecular weight is 297 g/mol. The normalized spacial score (nSPS) is 15.3. The summed E-state index contributed by atoms with van der Waals surface area (Å²) in [6.45, 7) is 5.12. The molecule has 0 aliphatic carbocycles. The lowest BCUT2D eigenvalue weighted by atomic mass is 10.1. The quantitative estimate of drug-likeness (QED) is 0.693. The van der Waals surface area contributed by atoms with Gasteiger partial charge in [-0.25, -0.2) is 9.67 Å². The van der Waals surface area contributed by atoms with E-state index >= 15 is 0 Å². The standard InChI is InChI=1S/C14H15N7O/c1-9-16-10(2)21(18-9)12-6-19(7-12)14(22)11-3-4-13-17-15-8-20(13)5-11/h3-5,8,12H,6-7H2,1-2H3. The molecule has 8 nitrogen and oxygen atoms in total. The molecule has 1 fully saturated rings. The summed E-state index contributed by atoms with van der Waals surface area (Å²) in [5.41, 5.74) is 1.36. The van der Waals surface area contributed by atoms with Crippen molar-refractivity contribution in [2.45, 2.75) is 19.9 Å². The van der Waals surface area contributed by atoms with Gasteiger partial charge in [-0.2, -0.15) is 5.10 Å². The molecule has 0 aromatic carbocycles. The molecule has 0 saturated carbocycles. The highest BCUT2D eigenvalue weighted by atomic mass is 16.2. The van der Waals surface area contributed by atoms with Crippen LogP contribution in [0.3, 0.4) is 0 Å². The maximum atomic E-state index is 12.5. The Morgan fingerprint density at radius 2 is 2.09 bits per heavy atom. The lowest BCUT2D eigenvalue weighted by Gasteiger charge is -2.39. The van der Waals surface area contributed by atoms with E-state index in [0.29, 0.717) is 18.7 Å². The average Bonchev–Trinajstić information content (AvgIpc) is 3.03. The van der Waals surface area contributed by atoms with Crippen molar-refractivity contribution in [2.24, 2.45) is 0 Å². The summed E-state index contributed by atoms with van der Waals surface area (Å²) in [5.74, 6) is 1.67. The predicted molar refractivity (Wildman–Crippen MR) is 77.4 cm³/mol. The van der Waals surface area contributed by atoms with Crippen LogP contribution in [-0.2, 0) is 0 Å². The molecule has 8 heteroatoms. The van der Waals surface area contributed by atoms with Gasteiger partial charge in [0.25, 0.3) is 5.91 Å². The molecule has 22 heavy (non-hydrogen) atoms. The number of hydrogen-bond donors (Lipinski definition) is 0. The molecule has 4 rings (SSSR count). The van der Waals surface area contributed by atoms with E-state index < -0.39 is 0 Å². The van der Waals surface area contributed by atoms with Crippen molar-refractivity contribution >= 4 is 11.6 Å². The number of aromatic nitrogens is 6. The Labute approximate surface area is 126 Å². The fraction of sp³-hybridized carbons (Fsp3) is 0.357. The third-order valence-corrected chi connectivity index (χ3v) is 3.94. The van der Waals surface area contributed by atoms with Gasteiger partial charge in [0.15, 0.2) is 5.65 Å². The minimum atomic E-state index is 0.0151. The van der Waals surface area contributed by atoms with Crippen molar-refractivity contribution in [1.82, 2.24) is 34.3 Å². The van der Waals surface area contributed by atoms with Gasteiger partial charge in [-0.3, -0.25) is 9.20 Å². The van der Waals surface area contributed by atoms with Crippen molar-refractivity contribution < 1.29 is 4.79 Å². The number of likely N-dealkylation sites (tertiary alicyclic amines) is 1. The minimum Gasteiger partial charge on any atom is -0.334 e. The van der Waals surface area contributed by atoms with Gasteiger partial charge in [-0.15, -0.1) is 10.2 Å². The Kier molecular flexibility index (Phi) is 2.72. The highest BCUT2D eigenvalue weighted by Crippen LogP contribution is 2.23. The summed E-state index contributed by atoms with van der Waals surface area (Å²) in [6, 6.07) is 3.79. The molecule has 0 N–H and O–H groups in total. The molecule has 3 aromatic heterocycles. The Morgan fingerprint density at radius 3 is 2.82 bits per heavy atom. The maximum absolute atomic E-state index is 12.5. The van der Waals surface area contributed by atoms with Crippen molar-refractivity contribution in [3.05, 3.63) is 41.9 Å². The number of nitrogens with zero attached hydrogens (tertiary/aromatic N) is 7. The van der Waals surface area contributed by atoms with E-state index in [1.807, 2.05) is 23.4 Å². The summed E-state index contributed by atoms with van der Waals surface area (Å²) >= 11 is 0. The van der Waals surface area contributed by atoms with Crippen LogP contribution in [0.5, 0.6) is 0 Å². The summed E-state index contributed by atoms with van der Waals surface area (Å²) in [6.07, 6.45) is 3.35. The van der Waals surface area contributed by atoms with Crippen LogP contribution in [0.1, 0.15) is 28.0 Å². The second-order valence-corrected chi connectivity index (χ2v) is 5.53. The van der Waals surface area contributed by atoms with E-state index in [4.69, 9.17) is 0 Å². The smallest absolute Gasteiger partial charge is 0.255 e. The molecule has 1 saturated heterocycles. The monoisotopic (exact) mass is 297 g/mol. The fourth-order valence-corrected chi connectivity index (χ4v) is 2.79. The largest absolute Gasteiger partial charge is 0.334 e. The number of carbonyl (C=O) groups is 1. The number of pyridine rings is 1. The van der Waals surface area contributed by atoms with Gasteiger partial charge in [0, 0.05) is 19.3 Å². The fourth-order valence-electron chi connectivity index (χ4n) is 2.79. The third kappa shape index (κ3) is 1.95. The van der Waals surface area contributed by atoms with E-state index in [9.17, 15) is 4.79 Å². The highest BCUT2D eigenvalue weighted by molar-refractivity contribution is 5.94. The topological polar surface area (TPSA) is 81.2 Å². The zero-order valence-corrected chi connectivity index (χ0v) is 12.3. The molecule has 0 atom stereocenters. The second-order valence-electron chi connectivity index (χ2n) is 5.53. The van der Waals surface area contributed by atoms with Crippen molar-refractivity contribution in [3.8, 4) is 0 Å². The Hall–Kier alpha value is -2.77. The van der Waals surface area contributed by atoms with Crippen LogP contribution >= 0.6 is 0 Å². The molecular weight excluding hydrogens is 282 g/mol. The van der Waals surface area contributed by atoms with E-state index in [2.05, 4.69) is 20.3 Å². The van der Waals surface area contributed by atoms with E-state index in [0.717, 1.165) is 17.3 Å². The second kappa shape index (κ2) is 4.62. The molecule has 1 aliphatic rings. The summed E-state index contributed by atoms with van der Waals surface area (Å²) < 4.78 is 3.65. The molecule has 0 radical (unpaired) electrons. The maximum Gasteiger partial charge on any atom is 0.255 e. The van der Waals surface area contributed by atoms with Gasteiger partial charge in [-0.1, -0.05) is 0 Å². The number of aryl methyl sites for hydroxylation is 2. The Bertz CT molecular complexity index is 859. The van der Waals surface area contributed by atoms with Gasteiger partial charge in [-0.05, 0) is 26.0 Å². The molecule has 0 spiro atoms. The number of hydrogen-bond acceptors (Lipinski definition) is 5. The van der Waals surface area contributed by atoms with Crippen LogP contribution in [0, 0.1) is 13.8 Å². The zero-order valence-electron chi connectivity index (χ0n) is 12.3. The Morgan fingerprint density at radius 1 is 1.27 bits per heavy atom. The van der Waals surface area contributed by atoms with Crippen LogP contribution in [0.15, 0.2) is 24.7 Å². The minimum absolute atomic E-state index is 0.0151. The van der Waals surface area contributed by atoms with E-state index in [-0.39, 0.29) is 11.9 Å². The predicted octanol–water partition coefficient (Wildman–Crippen LogP) is 0.635. The number of rotatable bonds is 2. The van der Waals surface area contributed by atoms with Gasteiger partial charge in [0.2, 0.25) is 0 Å². The first-order valence-electron chi connectivity index (χ1n) is 7.10. The summed E-state index contributed by atoms with van der Waals surface area (Å²) in [7, 11) is 0. The molecule has 1 aliphatic heterocycles. The van der Waals surface area contributed by atoms with Gasteiger partial charge in [0.05, 0.1) is 11.6 Å². The molecular formula is C14H15N7O. The van der Waals surface area contributed by atoms with E-state index in [1.165, 1.54) is 0 Å². The number of carbonyl (C=O) groups excluding carboxylic acids is 1.